The molecule has 0 aliphatic carbocycles. The number of aromatic nitrogens is 2. The minimum absolute atomic E-state index is 0.0259. The van der Waals surface area contributed by atoms with Gasteiger partial charge in [0.2, 0.25) is 5.91 Å². The zero-order valence-electron chi connectivity index (χ0n) is 18.4. The Morgan fingerprint density at radius 3 is 2.50 bits per heavy atom. The summed E-state index contributed by atoms with van der Waals surface area (Å²) in [6, 6.07) is 20.8. The van der Waals surface area contributed by atoms with Crippen molar-refractivity contribution in [1.82, 2.24) is 9.55 Å². The van der Waals surface area contributed by atoms with Crippen molar-refractivity contribution in [2.45, 2.75) is 5.16 Å². The van der Waals surface area contributed by atoms with Gasteiger partial charge in [-0.2, -0.15) is 5.26 Å². The summed E-state index contributed by atoms with van der Waals surface area (Å²) >= 11 is 1.14. The minimum atomic E-state index is -0.268. The number of carbonyl (C=O) groups is 1. The van der Waals surface area contributed by atoms with Gasteiger partial charge in [-0.3, -0.25) is 14.2 Å². The Labute approximate surface area is 199 Å². The molecule has 1 amide bonds. The van der Waals surface area contributed by atoms with Crippen LogP contribution in [0.1, 0.15) is 5.56 Å². The van der Waals surface area contributed by atoms with Crippen LogP contribution in [0.4, 0.5) is 5.69 Å². The summed E-state index contributed by atoms with van der Waals surface area (Å²) in [4.78, 5) is 30.6. The Balaban J connectivity index is 1.68. The van der Waals surface area contributed by atoms with Gasteiger partial charge < -0.3 is 14.8 Å². The summed E-state index contributed by atoms with van der Waals surface area (Å²) < 4.78 is 12.2. The molecule has 0 unspecified atom stereocenters. The molecule has 3 aromatic carbocycles. The highest BCUT2D eigenvalue weighted by Gasteiger charge is 2.16. The molecule has 4 aromatic rings. The summed E-state index contributed by atoms with van der Waals surface area (Å²) in [5.74, 6) is 0.757. The minimum Gasteiger partial charge on any atom is -0.493 e. The summed E-state index contributed by atoms with van der Waals surface area (Å²) in [6.07, 6.45) is 0. The number of rotatable bonds is 7. The molecule has 0 fully saturated rings. The summed E-state index contributed by atoms with van der Waals surface area (Å²) in [5, 5.41) is 12.5. The molecule has 1 heterocycles. The molecule has 1 N–H and O–H groups in total. The highest BCUT2D eigenvalue weighted by molar-refractivity contribution is 7.99. The van der Waals surface area contributed by atoms with Gasteiger partial charge in [0.25, 0.3) is 5.56 Å². The highest BCUT2D eigenvalue weighted by Crippen LogP contribution is 2.30. The van der Waals surface area contributed by atoms with E-state index in [0.717, 1.165) is 11.8 Å². The molecule has 0 spiro atoms. The van der Waals surface area contributed by atoms with E-state index in [4.69, 9.17) is 14.7 Å². The van der Waals surface area contributed by atoms with Crippen LogP contribution < -0.4 is 20.3 Å². The summed E-state index contributed by atoms with van der Waals surface area (Å²) in [5.41, 5.74) is 1.91. The SMILES string of the molecule is COc1ccc(-n2c(SCC(=O)Nc3ccc(C#N)cc3)nc3ccccc3c2=O)cc1OC. The Morgan fingerprint density at radius 1 is 1.06 bits per heavy atom. The number of anilines is 1. The first-order valence-corrected chi connectivity index (χ1v) is 11.2. The maximum atomic E-state index is 13.4. The van der Waals surface area contributed by atoms with Gasteiger partial charge in [-0.15, -0.1) is 0 Å². The number of thioether (sulfide) groups is 1. The van der Waals surface area contributed by atoms with Crippen LogP contribution in [0.5, 0.6) is 11.5 Å². The van der Waals surface area contributed by atoms with Gasteiger partial charge in [0.05, 0.1) is 48.2 Å². The van der Waals surface area contributed by atoms with Gasteiger partial charge in [-0.25, -0.2) is 4.98 Å². The number of hydrogen-bond donors (Lipinski definition) is 1. The van der Waals surface area contributed by atoms with Crippen LogP contribution in [-0.4, -0.2) is 35.4 Å². The van der Waals surface area contributed by atoms with Crippen molar-refractivity contribution in [2.24, 2.45) is 0 Å². The van der Waals surface area contributed by atoms with Crippen LogP contribution in [0.25, 0.3) is 16.6 Å². The number of amides is 1. The van der Waals surface area contributed by atoms with Crippen LogP contribution in [0, 0.1) is 11.3 Å². The fraction of sp³-hybridized carbons (Fsp3) is 0.120. The van der Waals surface area contributed by atoms with E-state index in [1.165, 1.54) is 18.8 Å². The molecule has 0 saturated carbocycles. The second-order valence-corrected chi connectivity index (χ2v) is 8.06. The lowest BCUT2D eigenvalue weighted by atomic mass is 10.2. The van der Waals surface area contributed by atoms with E-state index in [2.05, 4.69) is 10.3 Å². The molecule has 4 rings (SSSR count). The predicted octanol–water partition coefficient (Wildman–Crippen LogP) is 4.01. The van der Waals surface area contributed by atoms with Crippen LogP contribution >= 0.6 is 11.8 Å². The number of nitriles is 1. The fourth-order valence-electron chi connectivity index (χ4n) is 3.36. The first-order valence-electron chi connectivity index (χ1n) is 10.2. The first kappa shape index (κ1) is 22.9. The van der Waals surface area contributed by atoms with Crippen molar-refractivity contribution in [3.63, 3.8) is 0 Å². The first-order chi connectivity index (χ1) is 16.5. The van der Waals surface area contributed by atoms with E-state index in [-0.39, 0.29) is 17.2 Å². The standard InChI is InChI=1S/C25H20N4O4S/c1-32-21-12-11-18(13-22(21)33-2)29-24(31)19-5-3-4-6-20(19)28-25(29)34-15-23(30)27-17-9-7-16(14-26)8-10-17/h3-13H,15H2,1-2H3,(H,27,30). The molecule has 1 aromatic heterocycles. The van der Waals surface area contributed by atoms with E-state index in [1.807, 2.05) is 12.1 Å². The number of benzene rings is 3. The maximum Gasteiger partial charge on any atom is 0.266 e. The van der Waals surface area contributed by atoms with Gasteiger partial charge in [-0.1, -0.05) is 23.9 Å². The van der Waals surface area contributed by atoms with Gasteiger partial charge in [0.1, 0.15) is 0 Å². The molecule has 9 heteroatoms. The largest absolute Gasteiger partial charge is 0.493 e. The number of nitrogens with zero attached hydrogens (tertiary/aromatic N) is 3. The second kappa shape index (κ2) is 10.1. The molecule has 0 saturated heterocycles. The van der Waals surface area contributed by atoms with E-state index in [0.29, 0.717) is 44.5 Å². The van der Waals surface area contributed by atoms with Crippen LogP contribution in [0.2, 0.25) is 0 Å². The van der Waals surface area contributed by atoms with Crippen molar-refractivity contribution in [1.29, 1.82) is 5.26 Å². The smallest absolute Gasteiger partial charge is 0.266 e. The molecule has 0 atom stereocenters. The van der Waals surface area contributed by atoms with Gasteiger partial charge in [0, 0.05) is 11.8 Å². The molecule has 170 valence electrons. The van der Waals surface area contributed by atoms with Crippen molar-refractivity contribution >= 4 is 34.3 Å². The zero-order valence-corrected chi connectivity index (χ0v) is 19.3. The van der Waals surface area contributed by atoms with E-state index >= 15 is 0 Å². The molecule has 0 radical (unpaired) electrons. The van der Waals surface area contributed by atoms with Crippen LogP contribution in [0.15, 0.2) is 76.7 Å². The molecule has 0 aliphatic rings. The van der Waals surface area contributed by atoms with Crippen molar-refractivity contribution in [3.05, 3.63) is 82.6 Å². The third kappa shape index (κ3) is 4.72. The van der Waals surface area contributed by atoms with Gasteiger partial charge in [-0.05, 0) is 48.5 Å². The lowest BCUT2D eigenvalue weighted by Gasteiger charge is -2.15. The topological polar surface area (TPSA) is 106 Å². The second-order valence-electron chi connectivity index (χ2n) is 7.12. The lowest BCUT2D eigenvalue weighted by Crippen LogP contribution is -2.23. The third-order valence-electron chi connectivity index (χ3n) is 5.00. The molecule has 0 bridgehead atoms. The quantitative estimate of drug-likeness (QED) is 0.320. The number of methoxy groups -OCH3 is 2. The predicted molar refractivity (Wildman–Crippen MR) is 131 cm³/mol. The van der Waals surface area contributed by atoms with Gasteiger partial charge in [0.15, 0.2) is 16.7 Å². The molecule has 0 aliphatic heterocycles. The maximum absolute atomic E-state index is 13.4. The van der Waals surface area contributed by atoms with E-state index in [1.54, 1.807) is 60.7 Å². The van der Waals surface area contributed by atoms with E-state index in [9.17, 15) is 9.59 Å². The Bertz CT molecular complexity index is 1460. The number of hydrogen-bond acceptors (Lipinski definition) is 7. The average molecular weight is 473 g/mol. The Hall–Kier alpha value is -4.29. The average Bonchev–Trinajstić information content (AvgIpc) is 2.87. The number of nitrogens with one attached hydrogen (secondary N) is 1. The highest BCUT2D eigenvalue weighted by atomic mass is 32.2. The lowest BCUT2D eigenvalue weighted by molar-refractivity contribution is -0.113. The molecular weight excluding hydrogens is 452 g/mol. The summed E-state index contributed by atoms with van der Waals surface area (Å²) in [7, 11) is 3.06. The molecular formula is C25H20N4O4S. The number of carbonyl (C=O) groups excluding carboxylic acids is 1. The normalized spacial score (nSPS) is 10.5. The van der Waals surface area contributed by atoms with E-state index < -0.39 is 0 Å². The summed E-state index contributed by atoms with van der Waals surface area (Å²) in [6.45, 7) is 0. The Morgan fingerprint density at radius 2 is 1.79 bits per heavy atom. The van der Waals surface area contributed by atoms with Crippen LogP contribution in [0.3, 0.4) is 0 Å². The zero-order chi connectivity index (χ0) is 24.1. The monoisotopic (exact) mass is 472 g/mol. The third-order valence-corrected chi connectivity index (χ3v) is 5.94. The molecule has 8 nitrogen and oxygen atoms in total. The number of ether oxygens (including phenoxy) is 2. The molecule has 34 heavy (non-hydrogen) atoms. The van der Waals surface area contributed by atoms with Crippen molar-refractivity contribution in [3.8, 4) is 23.3 Å². The number of para-hydroxylation sites is 1. The number of fused-ring (bicyclic) bond motifs is 1. The fourth-order valence-corrected chi connectivity index (χ4v) is 4.17. The van der Waals surface area contributed by atoms with Gasteiger partial charge >= 0.3 is 0 Å². The van der Waals surface area contributed by atoms with Crippen molar-refractivity contribution in [2.75, 3.05) is 25.3 Å². The Kier molecular flexibility index (Phi) is 6.80. The van der Waals surface area contributed by atoms with Crippen molar-refractivity contribution < 1.29 is 14.3 Å². The van der Waals surface area contributed by atoms with Crippen LogP contribution in [-0.2, 0) is 4.79 Å².